The largest absolute Gasteiger partial charge is 0.351 e. The maximum atomic E-state index is 13.3. The third-order valence-corrected chi connectivity index (χ3v) is 7.17. The zero-order valence-electron chi connectivity index (χ0n) is 16.4. The van der Waals surface area contributed by atoms with Crippen LogP contribution in [0.5, 0.6) is 0 Å². The number of carbonyl (C=O) groups excluding carboxylic acids is 1. The van der Waals surface area contributed by atoms with Crippen molar-refractivity contribution in [2.75, 3.05) is 17.4 Å². The van der Waals surface area contributed by atoms with E-state index in [0.29, 0.717) is 12.2 Å². The van der Waals surface area contributed by atoms with Gasteiger partial charge < -0.3 is 5.32 Å². The van der Waals surface area contributed by atoms with Crippen LogP contribution in [0.15, 0.2) is 69.5 Å². The highest BCUT2D eigenvalue weighted by Crippen LogP contribution is 2.26. The molecule has 1 N–H and O–H groups in total. The van der Waals surface area contributed by atoms with Gasteiger partial charge in [0, 0.05) is 11.0 Å². The number of benzene rings is 2. The van der Waals surface area contributed by atoms with Gasteiger partial charge in [0.2, 0.25) is 5.91 Å². The summed E-state index contributed by atoms with van der Waals surface area (Å²) in [6, 6.07) is 13.6. The molecule has 0 heterocycles. The Morgan fingerprint density at radius 3 is 2.55 bits per heavy atom. The molecular formula is C22H25BrN2O3S. The highest BCUT2D eigenvalue weighted by molar-refractivity contribution is 9.10. The summed E-state index contributed by atoms with van der Waals surface area (Å²) >= 11 is 3.38. The standard InChI is InChI=1S/C22H25BrN2O3S/c1-17-10-12-21(13-11-17)29(27,28)25(20-9-5-8-19(23)14-20)16-22(26)24-15-18-6-3-2-4-7-18/h5-6,8-14H,2-4,7,15-16H2,1H3,(H,24,26). The van der Waals surface area contributed by atoms with Gasteiger partial charge in [-0.1, -0.05) is 51.3 Å². The Labute approximate surface area is 181 Å². The van der Waals surface area contributed by atoms with Crippen LogP contribution in [0.1, 0.15) is 31.2 Å². The summed E-state index contributed by atoms with van der Waals surface area (Å²) in [5.41, 5.74) is 2.61. The third kappa shape index (κ3) is 5.70. The zero-order chi connectivity index (χ0) is 20.9. The number of sulfonamides is 1. The quantitative estimate of drug-likeness (QED) is 0.595. The number of rotatable bonds is 7. The van der Waals surface area contributed by atoms with Gasteiger partial charge in [-0.05, 0) is 62.9 Å². The van der Waals surface area contributed by atoms with Crippen molar-refractivity contribution in [3.05, 3.63) is 70.2 Å². The molecule has 29 heavy (non-hydrogen) atoms. The van der Waals surface area contributed by atoms with E-state index in [1.807, 2.05) is 13.0 Å². The van der Waals surface area contributed by atoms with Crippen molar-refractivity contribution in [1.82, 2.24) is 5.32 Å². The molecule has 0 bridgehead atoms. The number of hydrogen-bond donors (Lipinski definition) is 1. The second-order valence-corrected chi connectivity index (χ2v) is 9.97. The molecular weight excluding hydrogens is 452 g/mol. The van der Waals surface area contributed by atoms with E-state index in [1.165, 1.54) is 12.0 Å². The van der Waals surface area contributed by atoms with Crippen LogP contribution in [-0.2, 0) is 14.8 Å². The summed E-state index contributed by atoms with van der Waals surface area (Å²) in [5.74, 6) is -0.327. The lowest BCUT2D eigenvalue weighted by atomic mass is 10.00. The first-order valence-corrected chi connectivity index (χ1v) is 11.9. The molecule has 1 aliphatic carbocycles. The minimum absolute atomic E-state index is 0.158. The smallest absolute Gasteiger partial charge is 0.264 e. The molecule has 0 atom stereocenters. The van der Waals surface area contributed by atoms with Crippen LogP contribution in [0.4, 0.5) is 5.69 Å². The number of nitrogens with zero attached hydrogens (tertiary/aromatic N) is 1. The Kier molecular flexibility index (Phi) is 7.14. The number of amides is 1. The fourth-order valence-electron chi connectivity index (χ4n) is 3.25. The first-order chi connectivity index (χ1) is 13.9. The monoisotopic (exact) mass is 476 g/mol. The van der Waals surface area contributed by atoms with Gasteiger partial charge in [0.25, 0.3) is 10.0 Å². The molecule has 0 saturated carbocycles. The van der Waals surface area contributed by atoms with Crippen LogP contribution in [0.2, 0.25) is 0 Å². The average Bonchev–Trinajstić information content (AvgIpc) is 2.71. The number of aryl methyl sites for hydroxylation is 1. The first-order valence-electron chi connectivity index (χ1n) is 9.66. The summed E-state index contributed by atoms with van der Waals surface area (Å²) < 4.78 is 28.5. The molecule has 0 radical (unpaired) electrons. The van der Waals surface area contributed by atoms with E-state index >= 15 is 0 Å². The van der Waals surface area contributed by atoms with E-state index in [0.717, 1.165) is 33.6 Å². The van der Waals surface area contributed by atoms with Crippen LogP contribution < -0.4 is 9.62 Å². The predicted octanol–water partition coefficient (Wildman–Crippen LogP) is 4.57. The molecule has 0 fully saturated rings. The predicted molar refractivity (Wildman–Crippen MR) is 119 cm³/mol. The van der Waals surface area contributed by atoms with E-state index < -0.39 is 10.0 Å². The Morgan fingerprint density at radius 1 is 1.14 bits per heavy atom. The van der Waals surface area contributed by atoms with Gasteiger partial charge in [0.15, 0.2) is 0 Å². The second kappa shape index (κ2) is 9.59. The molecule has 7 heteroatoms. The summed E-state index contributed by atoms with van der Waals surface area (Å²) in [7, 11) is -3.89. The van der Waals surface area contributed by atoms with Crippen LogP contribution in [-0.4, -0.2) is 27.4 Å². The van der Waals surface area contributed by atoms with Gasteiger partial charge in [0.05, 0.1) is 10.6 Å². The van der Waals surface area contributed by atoms with E-state index in [1.54, 1.807) is 42.5 Å². The van der Waals surface area contributed by atoms with Crippen molar-refractivity contribution in [2.45, 2.75) is 37.5 Å². The lowest BCUT2D eigenvalue weighted by molar-refractivity contribution is -0.119. The Hall–Kier alpha value is -2.12. The molecule has 0 spiro atoms. The second-order valence-electron chi connectivity index (χ2n) is 7.19. The summed E-state index contributed by atoms with van der Waals surface area (Å²) in [4.78, 5) is 12.8. The number of nitrogens with one attached hydrogen (secondary N) is 1. The lowest BCUT2D eigenvalue weighted by Crippen LogP contribution is -2.41. The maximum Gasteiger partial charge on any atom is 0.264 e. The molecule has 154 valence electrons. The molecule has 0 saturated heterocycles. The van der Waals surface area contributed by atoms with Gasteiger partial charge in [-0.3, -0.25) is 9.10 Å². The van der Waals surface area contributed by atoms with Gasteiger partial charge >= 0.3 is 0 Å². The third-order valence-electron chi connectivity index (χ3n) is 4.89. The van der Waals surface area contributed by atoms with E-state index in [9.17, 15) is 13.2 Å². The molecule has 3 rings (SSSR count). The van der Waals surface area contributed by atoms with Crippen molar-refractivity contribution in [2.24, 2.45) is 0 Å². The lowest BCUT2D eigenvalue weighted by Gasteiger charge is -2.24. The topological polar surface area (TPSA) is 66.5 Å². The minimum Gasteiger partial charge on any atom is -0.351 e. The molecule has 0 unspecified atom stereocenters. The maximum absolute atomic E-state index is 13.3. The highest BCUT2D eigenvalue weighted by atomic mass is 79.9. The van der Waals surface area contributed by atoms with Gasteiger partial charge in [-0.25, -0.2) is 8.42 Å². The van der Waals surface area contributed by atoms with Crippen molar-refractivity contribution in [1.29, 1.82) is 0 Å². The summed E-state index contributed by atoms with van der Waals surface area (Å²) in [6.45, 7) is 2.09. The minimum atomic E-state index is -3.89. The number of anilines is 1. The van der Waals surface area contributed by atoms with E-state index in [4.69, 9.17) is 0 Å². The summed E-state index contributed by atoms with van der Waals surface area (Å²) in [5, 5.41) is 2.87. The van der Waals surface area contributed by atoms with Crippen molar-refractivity contribution in [3.8, 4) is 0 Å². The van der Waals surface area contributed by atoms with Crippen LogP contribution >= 0.6 is 15.9 Å². The highest BCUT2D eigenvalue weighted by Gasteiger charge is 2.27. The molecule has 0 aromatic heterocycles. The van der Waals surface area contributed by atoms with Gasteiger partial charge in [-0.2, -0.15) is 0 Å². The summed E-state index contributed by atoms with van der Waals surface area (Å²) in [6.07, 6.45) is 6.50. The Balaban J connectivity index is 1.84. The molecule has 2 aromatic carbocycles. The molecule has 5 nitrogen and oxygen atoms in total. The molecule has 1 aliphatic rings. The molecule has 1 amide bonds. The average molecular weight is 477 g/mol. The van der Waals surface area contributed by atoms with E-state index in [2.05, 4.69) is 27.3 Å². The number of hydrogen-bond acceptors (Lipinski definition) is 3. The van der Waals surface area contributed by atoms with Crippen LogP contribution in [0, 0.1) is 6.92 Å². The first kappa shape index (κ1) is 21.6. The normalized spacial score (nSPS) is 14.2. The van der Waals surface area contributed by atoms with E-state index in [-0.39, 0.29) is 17.3 Å². The fourth-order valence-corrected chi connectivity index (χ4v) is 5.05. The van der Waals surface area contributed by atoms with Gasteiger partial charge in [-0.15, -0.1) is 0 Å². The van der Waals surface area contributed by atoms with Crippen LogP contribution in [0.25, 0.3) is 0 Å². The number of carbonyl (C=O) groups is 1. The SMILES string of the molecule is Cc1ccc(S(=O)(=O)N(CC(=O)NCC2=CCCCC2)c2cccc(Br)c2)cc1. The fraction of sp³-hybridized carbons (Fsp3) is 0.318. The Bertz CT molecular complexity index is 1000. The van der Waals surface area contributed by atoms with Gasteiger partial charge in [0.1, 0.15) is 6.54 Å². The van der Waals surface area contributed by atoms with Crippen molar-refractivity contribution >= 4 is 37.5 Å². The molecule has 2 aromatic rings. The number of allylic oxidation sites excluding steroid dienone is 1. The van der Waals surface area contributed by atoms with Crippen molar-refractivity contribution < 1.29 is 13.2 Å². The zero-order valence-corrected chi connectivity index (χ0v) is 18.8. The number of halogens is 1. The molecule has 0 aliphatic heterocycles. The Morgan fingerprint density at radius 2 is 1.90 bits per heavy atom. The van der Waals surface area contributed by atoms with Crippen LogP contribution in [0.3, 0.4) is 0 Å². The van der Waals surface area contributed by atoms with Crippen molar-refractivity contribution in [3.63, 3.8) is 0 Å².